The van der Waals surface area contributed by atoms with Crippen LogP contribution >= 0.6 is 38.5 Å². The number of rotatable bonds is 5. The molecule has 0 saturated heterocycles. The van der Waals surface area contributed by atoms with Gasteiger partial charge in [-0.3, -0.25) is 11.3 Å². The lowest BCUT2D eigenvalue weighted by Crippen LogP contribution is -2.38. The van der Waals surface area contributed by atoms with E-state index in [4.69, 9.17) is 5.84 Å². The minimum Gasteiger partial charge on any atom is -0.271 e. The van der Waals surface area contributed by atoms with Crippen LogP contribution in [0.2, 0.25) is 0 Å². The molecule has 0 fully saturated rings. The molecule has 0 aliphatic carbocycles. The van der Waals surface area contributed by atoms with Crippen LogP contribution in [0.25, 0.3) is 0 Å². The molecule has 0 spiro atoms. The molecule has 100 valence electrons. The van der Waals surface area contributed by atoms with Crippen molar-refractivity contribution in [2.24, 2.45) is 5.84 Å². The van der Waals surface area contributed by atoms with Crippen molar-refractivity contribution in [1.29, 1.82) is 0 Å². The first-order chi connectivity index (χ1) is 9.17. The molecular formula is C15H16BrIN2. The van der Waals surface area contributed by atoms with Crippen molar-refractivity contribution in [1.82, 2.24) is 5.43 Å². The molecule has 1 atom stereocenters. The average molecular weight is 431 g/mol. The van der Waals surface area contributed by atoms with Crippen molar-refractivity contribution in [2.75, 3.05) is 0 Å². The molecule has 0 aliphatic heterocycles. The third-order valence-electron chi connectivity index (χ3n) is 3.03. The predicted octanol–water partition coefficient (Wildman–Crippen LogP) is 3.67. The van der Waals surface area contributed by atoms with Gasteiger partial charge in [0.25, 0.3) is 0 Å². The Morgan fingerprint density at radius 1 is 0.947 bits per heavy atom. The Balaban J connectivity index is 2.00. The fourth-order valence-corrected chi connectivity index (χ4v) is 2.62. The van der Waals surface area contributed by atoms with E-state index in [0.717, 1.165) is 17.3 Å². The molecule has 2 rings (SSSR count). The number of halogens is 2. The van der Waals surface area contributed by atoms with E-state index >= 15 is 0 Å². The third kappa shape index (κ3) is 4.87. The summed E-state index contributed by atoms with van der Waals surface area (Å²) in [6, 6.07) is 17.2. The third-order valence-corrected chi connectivity index (χ3v) is 4.27. The summed E-state index contributed by atoms with van der Waals surface area (Å²) in [5, 5.41) is 0. The van der Waals surface area contributed by atoms with Crippen LogP contribution in [0.1, 0.15) is 11.1 Å². The van der Waals surface area contributed by atoms with E-state index in [1.807, 2.05) is 0 Å². The van der Waals surface area contributed by atoms with E-state index in [1.54, 1.807) is 0 Å². The molecule has 0 radical (unpaired) electrons. The van der Waals surface area contributed by atoms with Crippen LogP contribution in [0.3, 0.4) is 0 Å². The van der Waals surface area contributed by atoms with Crippen molar-refractivity contribution in [2.45, 2.75) is 18.9 Å². The van der Waals surface area contributed by atoms with E-state index < -0.39 is 0 Å². The van der Waals surface area contributed by atoms with Crippen LogP contribution in [0, 0.1) is 3.57 Å². The van der Waals surface area contributed by atoms with Crippen molar-refractivity contribution in [3.05, 3.63) is 67.7 Å². The monoisotopic (exact) mass is 430 g/mol. The molecule has 2 nitrogen and oxygen atoms in total. The Morgan fingerprint density at radius 3 is 1.89 bits per heavy atom. The summed E-state index contributed by atoms with van der Waals surface area (Å²) < 4.78 is 2.36. The van der Waals surface area contributed by atoms with Gasteiger partial charge >= 0.3 is 0 Å². The van der Waals surface area contributed by atoms with Crippen LogP contribution in [-0.4, -0.2) is 6.04 Å². The van der Waals surface area contributed by atoms with Gasteiger partial charge in [-0.15, -0.1) is 0 Å². The zero-order valence-corrected chi connectivity index (χ0v) is 14.2. The lowest BCUT2D eigenvalue weighted by molar-refractivity contribution is 0.522. The van der Waals surface area contributed by atoms with E-state index in [-0.39, 0.29) is 6.04 Å². The first-order valence-corrected chi connectivity index (χ1v) is 7.99. The first-order valence-electron chi connectivity index (χ1n) is 6.12. The molecule has 19 heavy (non-hydrogen) atoms. The molecule has 0 saturated carbocycles. The molecule has 1 unspecified atom stereocenters. The highest BCUT2D eigenvalue weighted by Crippen LogP contribution is 2.14. The molecular weight excluding hydrogens is 415 g/mol. The molecule has 0 heterocycles. The molecule has 4 heteroatoms. The molecule has 0 bridgehead atoms. The lowest BCUT2D eigenvalue weighted by Gasteiger charge is -2.16. The van der Waals surface area contributed by atoms with Gasteiger partial charge in [-0.2, -0.15) is 0 Å². The Labute approximate surface area is 136 Å². The summed E-state index contributed by atoms with van der Waals surface area (Å²) in [5.41, 5.74) is 5.51. The summed E-state index contributed by atoms with van der Waals surface area (Å²) in [5.74, 6) is 5.67. The van der Waals surface area contributed by atoms with Gasteiger partial charge in [-0.1, -0.05) is 40.2 Å². The highest BCUT2D eigenvalue weighted by atomic mass is 127. The maximum atomic E-state index is 5.67. The summed E-state index contributed by atoms with van der Waals surface area (Å²) in [6.45, 7) is 0. The highest BCUT2D eigenvalue weighted by Gasteiger charge is 2.09. The van der Waals surface area contributed by atoms with E-state index in [0.29, 0.717) is 0 Å². The highest BCUT2D eigenvalue weighted by molar-refractivity contribution is 14.1. The summed E-state index contributed by atoms with van der Waals surface area (Å²) in [6.07, 6.45) is 1.86. The number of hydrazine groups is 1. The maximum Gasteiger partial charge on any atom is 0.0291 e. The van der Waals surface area contributed by atoms with Crippen LogP contribution in [0.5, 0.6) is 0 Å². The SMILES string of the molecule is NNC(Cc1ccc(Br)cc1)Cc1ccc(I)cc1. The normalized spacial score (nSPS) is 12.4. The largest absolute Gasteiger partial charge is 0.271 e. The summed E-state index contributed by atoms with van der Waals surface area (Å²) >= 11 is 5.76. The second kappa shape index (κ2) is 7.38. The average Bonchev–Trinajstić information content (AvgIpc) is 2.43. The van der Waals surface area contributed by atoms with Gasteiger partial charge < -0.3 is 0 Å². The standard InChI is InChI=1S/C15H16BrIN2/c16-13-5-1-11(2-6-13)9-15(19-18)10-12-3-7-14(17)8-4-12/h1-8,15,19H,9-10,18H2. The Hall–Kier alpha value is -0.430. The number of nitrogens with one attached hydrogen (secondary N) is 1. The van der Waals surface area contributed by atoms with Gasteiger partial charge in [-0.25, -0.2) is 0 Å². The van der Waals surface area contributed by atoms with E-state index in [1.165, 1.54) is 14.7 Å². The van der Waals surface area contributed by atoms with Crippen LogP contribution in [-0.2, 0) is 12.8 Å². The number of nitrogens with two attached hydrogens (primary N) is 1. The van der Waals surface area contributed by atoms with Gasteiger partial charge in [0, 0.05) is 14.1 Å². The van der Waals surface area contributed by atoms with E-state index in [9.17, 15) is 0 Å². The minimum atomic E-state index is 0.251. The van der Waals surface area contributed by atoms with Gasteiger partial charge in [-0.05, 0) is 70.8 Å². The number of benzene rings is 2. The van der Waals surface area contributed by atoms with Crippen molar-refractivity contribution in [3.63, 3.8) is 0 Å². The van der Waals surface area contributed by atoms with Gasteiger partial charge in [0.1, 0.15) is 0 Å². The zero-order chi connectivity index (χ0) is 13.7. The first kappa shape index (κ1) is 15.0. The van der Waals surface area contributed by atoms with Gasteiger partial charge in [0.15, 0.2) is 0 Å². The van der Waals surface area contributed by atoms with Crippen LogP contribution in [0.15, 0.2) is 53.0 Å². The molecule has 0 aromatic heterocycles. The molecule has 3 N–H and O–H groups in total. The minimum absolute atomic E-state index is 0.251. The van der Waals surface area contributed by atoms with Crippen molar-refractivity contribution < 1.29 is 0 Å². The zero-order valence-electron chi connectivity index (χ0n) is 10.4. The fraction of sp³-hybridized carbons (Fsp3) is 0.200. The fourth-order valence-electron chi connectivity index (χ4n) is 2.00. The maximum absolute atomic E-state index is 5.67. The topological polar surface area (TPSA) is 38.0 Å². The number of hydrogen-bond acceptors (Lipinski definition) is 2. The smallest absolute Gasteiger partial charge is 0.0291 e. The Kier molecular flexibility index (Phi) is 5.81. The molecule has 2 aromatic rings. The summed E-state index contributed by atoms with van der Waals surface area (Å²) in [4.78, 5) is 0. The van der Waals surface area contributed by atoms with Gasteiger partial charge in [0.2, 0.25) is 0 Å². The predicted molar refractivity (Wildman–Crippen MR) is 91.8 cm³/mol. The van der Waals surface area contributed by atoms with Crippen molar-refractivity contribution >= 4 is 38.5 Å². The van der Waals surface area contributed by atoms with Crippen LogP contribution < -0.4 is 11.3 Å². The molecule has 0 amide bonds. The molecule has 0 aliphatic rings. The quantitative estimate of drug-likeness (QED) is 0.431. The summed E-state index contributed by atoms with van der Waals surface area (Å²) in [7, 11) is 0. The van der Waals surface area contributed by atoms with E-state index in [2.05, 4.69) is 92.5 Å². The lowest BCUT2D eigenvalue weighted by atomic mass is 10.00. The molecule has 2 aromatic carbocycles. The van der Waals surface area contributed by atoms with Crippen LogP contribution in [0.4, 0.5) is 0 Å². The number of hydrogen-bond donors (Lipinski definition) is 2. The Morgan fingerprint density at radius 2 is 1.42 bits per heavy atom. The second-order valence-electron chi connectivity index (χ2n) is 4.52. The van der Waals surface area contributed by atoms with Crippen molar-refractivity contribution in [3.8, 4) is 0 Å². The Bertz CT molecular complexity index is 463. The van der Waals surface area contributed by atoms with Gasteiger partial charge in [0.05, 0.1) is 0 Å². The second-order valence-corrected chi connectivity index (χ2v) is 6.69.